The number of rotatable bonds is 2. The highest BCUT2D eigenvalue weighted by Gasteiger charge is 2.02. The Labute approximate surface area is 94.0 Å². The Morgan fingerprint density at radius 3 is 2.80 bits per heavy atom. The molecule has 0 spiro atoms. The molecule has 76 valence electrons. The van der Waals surface area contributed by atoms with Gasteiger partial charge < -0.3 is 4.74 Å². The summed E-state index contributed by atoms with van der Waals surface area (Å²) in [6, 6.07) is 7.61. The molecule has 15 heavy (non-hydrogen) atoms. The van der Waals surface area contributed by atoms with Crippen molar-refractivity contribution in [3.8, 4) is 11.6 Å². The molecule has 0 aliphatic carbocycles. The van der Waals surface area contributed by atoms with Gasteiger partial charge in [-0.15, -0.1) is 5.10 Å². The second kappa shape index (κ2) is 4.35. The third-order valence-electron chi connectivity index (χ3n) is 1.61. The second-order valence-corrected chi connectivity index (χ2v) is 3.68. The summed E-state index contributed by atoms with van der Waals surface area (Å²) in [5.74, 6) is 0.334. The van der Waals surface area contributed by atoms with Gasteiger partial charge in [0, 0.05) is 22.8 Å². The van der Waals surface area contributed by atoms with Crippen molar-refractivity contribution >= 4 is 15.9 Å². The molecule has 0 radical (unpaired) electrons. The molecule has 2 rings (SSSR count). The van der Waals surface area contributed by atoms with E-state index in [9.17, 15) is 4.39 Å². The number of ether oxygens (including phenoxy) is 1. The summed E-state index contributed by atoms with van der Waals surface area (Å²) >= 11 is 3.17. The number of halogens is 2. The number of hydrogen-bond donors (Lipinski definition) is 0. The van der Waals surface area contributed by atoms with Crippen molar-refractivity contribution in [1.82, 2.24) is 10.2 Å². The smallest absolute Gasteiger partial charge is 0.238 e. The molecule has 0 atom stereocenters. The van der Waals surface area contributed by atoms with E-state index in [2.05, 4.69) is 26.1 Å². The zero-order valence-electron chi connectivity index (χ0n) is 7.52. The molecule has 0 aliphatic rings. The van der Waals surface area contributed by atoms with Crippen LogP contribution >= 0.6 is 15.9 Å². The Bertz CT molecular complexity index is 444. The zero-order chi connectivity index (χ0) is 10.7. The van der Waals surface area contributed by atoms with Crippen molar-refractivity contribution in [1.29, 1.82) is 0 Å². The van der Waals surface area contributed by atoms with Gasteiger partial charge in [0.1, 0.15) is 11.6 Å². The first-order valence-corrected chi connectivity index (χ1v) is 4.95. The van der Waals surface area contributed by atoms with E-state index < -0.39 is 0 Å². The van der Waals surface area contributed by atoms with Crippen LogP contribution in [0.4, 0.5) is 4.39 Å². The molecule has 0 aliphatic heterocycles. The van der Waals surface area contributed by atoms with E-state index >= 15 is 0 Å². The highest BCUT2D eigenvalue weighted by molar-refractivity contribution is 9.10. The van der Waals surface area contributed by atoms with E-state index in [4.69, 9.17) is 4.74 Å². The minimum Gasteiger partial charge on any atom is -0.437 e. The van der Waals surface area contributed by atoms with Crippen LogP contribution in [0.2, 0.25) is 0 Å². The Balaban J connectivity index is 2.25. The fourth-order valence-corrected chi connectivity index (χ4v) is 1.49. The minimum atomic E-state index is -0.372. The topological polar surface area (TPSA) is 35.0 Å². The molecule has 5 heteroatoms. The van der Waals surface area contributed by atoms with Crippen LogP contribution < -0.4 is 4.74 Å². The Morgan fingerprint density at radius 1 is 1.27 bits per heavy atom. The molecule has 1 aromatic carbocycles. The lowest BCUT2D eigenvalue weighted by atomic mass is 10.3. The van der Waals surface area contributed by atoms with Crippen LogP contribution in [0.5, 0.6) is 11.6 Å². The molecular formula is C10H6BrFN2O. The van der Waals surface area contributed by atoms with Gasteiger partial charge in [0.2, 0.25) is 5.88 Å². The van der Waals surface area contributed by atoms with Crippen LogP contribution in [0.3, 0.4) is 0 Å². The van der Waals surface area contributed by atoms with Crippen LogP contribution in [-0.2, 0) is 0 Å². The minimum absolute atomic E-state index is 0.329. The number of hydrogen-bond acceptors (Lipinski definition) is 3. The predicted octanol–water partition coefficient (Wildman–Crippen LogP) is 3.17. The summed E-state index contributed by atoms with van der Waals surface area (Å²) < 4.78 is 18.9. The van der Waals surface area contributed by atoms with Crippen LogP contribution in [0.1, 0.15) is 0 Å². The van der Waals surface area contributed by atoms with E-state index in [1.807, 2.05) is 0 Å². The molecule has 2 aromatic rings. The lowest BCUT2D eigenvalue weighted by molar-refractivity contribution is 0.450. The van der Waals surface area contributed by atoms with Gasteiger partial charge in [-0.2, -0.15) is 5.10 Å². The summed E-state index contributed by atoms with van der Waals surface area (Å²) in [7, 11) is 0. The second-order valence-electron chi connectivity index (χ2n) is 2.77. The summed E-state index contributed by atoms with van der Waals surface area (Å²) in [6.45, 7) is 0. The van der Waals surface area contributed by atoms with E-state index in [-0.39, 0.29) is 5.82 Å². The average molecular weight is 269 g/mol. The maximum Gasteiger partial charge on any atom is 0.238 e. The lowest BCUT2D eigenvalue weighted by Crippen LogP contribution is -1.89. The Morgan fingerprint density at radius 2 is 2.13 bits per heavy atom. The molecule has 1 aromatic heterocycles. The number of nitrogens with zero attached hydrogens (tertiary/aromatic N) is 2. The third-order valence-corrected chi connectivity index (χ3v) is 2.06. The van der Waals surface area contributed by atoms with Crippen LogP contribution in [0, 0.1) is 5.82 Å². The van der Waals surface area contributed by atoms with Crippen molar-refractivity contribution in [3.05, 3.63) is 46.8 Å². The molecule has 3 nitrogen and oxygen atoms in total. The van der Waals surface area contributed by atoms with Crippen LogP contribution in [0.15, 0.2) is 41.0 Å². The van der Waals surface area contributed by atoms with Gasteiger partial charge in [-0.25, -0.2) is 4.39 Å². The molecular weight excluding hydrogens is 263 g/mol. The van der Waals surface area contributed by atoms with Gasteiger partial charge in [-0.1, -0.05) is 15.9 Å². The summed E-state index contributed by atoms with van der Waals surface area (Å²) in [6.07, 6.45) is 1.54. The van der Waals surface area contributed by atoms with E-state index in [0.29, 0.717) is 16.1 Å². The Hall–Kier alpha value is -1.49. The molecule has 0 fully saturated rings. The fraction of sp³-hybridized carbons (Fsp3) is 0. The van der Waals surface area contributed by atoms with Crippen molar-refractivity contribution < 1.29 is 9.13 Å². The first-order valence-electron chi connectivity index (χ1n) is 4.16. The molecule has 0 amide bonds. The summed E-state index contributed by atoms with van der Waals surface area (Å²) in [5, 5.41) is 7.37. The first-order chi connectivity index (χ1) is 7.24. The van der Waals surface area contributed by atoms with Gasteiger partial charge in [0.05, 0.1) is 0 Å². The molecule has 0 unspecified atom stereocenters. The van der Waals surface area contributed by atoms with Crippen molar-refractivity contribution in [3.63, 3.8) is 0 Å². The third kappa shape index (κ3) is 2.73. The van der Waals surface area contributed by atoms with Gasteiger partial charge in [0.15, 0.2) is 0 Å². The van der Waals surface area contributed by atoms with E-state index in [1.54, 1.807) is 18.2 Å². The summed E-state index contributed by atoms with van der Waals surface area (Å²) in [4.78, 5) is 0. The van der Waals surface area contributed by atoms with Crippen LogP contribution in [0.25, 0.3) is 0 Å². The lowest BCUT2D eigenvalue weighted by Gasteiger charge is -2.03. The predicted molar refractivity (Wildman–Crippen MR) is 56.2 cm³/mol. The first kappa shape index (κ1) is 10.0. The average Bonchev–Trinajstić information content (AvgIpc) is 2.17. The molecule has 1 heterocycles. The maximum absolute atomic E-state index is 13.0. The van der Waals surface area contributed by atoms with E-state index in [1.165, 1.54) is 18.3 Å². The fourth-order valence-electron chi connectivity index (χ4n) is 1.05. The number of aromatic nitrogens is 2. The molecule has 0 bridgehead atoms. The van der Waals surface area contributed by atoms with E-state index in [0.717, 1.165) is 0 Å². The molecule has 0 saturated carbocycles. The van der Waals surface area contributed by atoms with Gasteiger partial charge in [0.25, 0.3) is 0 Å². The largest absolute Gasteiger partial charge is 0.437 e. The molecule has 0 saturated heterocycles. The van der Waals surface area contributed by atoms with Crippen molar-refractivity contribution in [2.75, 3.05) is 0 Å². The van der Waals surface area contributed by atoms with Crippen molar-refractivity contribution in [2.24, 2.45) is 0 Å². The van der Waals surface area contributed by atoms with Gasteiger partial charge in [-0.05, 0) is 18.2 Å². The van der Waals surface area contributed by atoms with Gasteiger partial charge >= 0.3 is 0 Å². The quantitative estimate of drug-likeness (QED) is 0.839. The SMILES string of the molecule is Fc1cc(Br)cc(Oc2cccnn2)c1. The normalized spacial score (nSPS) is 10.0. The van der Waals surface area contributed by atoms with Gasteiger partial charge in [-0.3, -0.25) is 0 Å². The standard InChI is InChI=1S/C10H6BrFN2O/c11-7-4-8(12)6-9(5-7)15-10-2-1-3-13-14-10/h1-6H. The maximum atomic E-state index is 13.0. The van der Waals surface area contributed by atoms with Crippen molar-refractivity contribution in [2.45, 2.75) is 0 Å². The zero-order valence-corrected chi connectivity index (χ0v) is 9.11. The highest BCUT2D eigenvalue weighted by atomic mass is 79.9. The molecule has 0 N–H and O–H groups in total. The summed E-state index contributed by atoms with van der Waals surface area (Å²) in [5.41, 5.74) is 0. The Kier molecular flexibility index (Phi) is 2.91. The van der Waals surface area contributed by atoms with Crippen LogP contribution in [-0.4, -0.2) is 10.2 Å². The highest BCUT2D eigenvalue weighted by Crippen LogP contribution is 2.24. The number of benzene rings is 1. The monoisotopic (exact) mass is 268 g/mol.